The van der Waals surface area contributed by atoms with Crippen LogP contribution in [0.3, 0.4) is 0 Å². The first kappa shape index (κ1) is 21.2. The van der Waals surface area contributed by atoms with E-state index in [4.69, 9.17) is 0 Å². The molecule has 1 aliphatic rings. The molecule has 1 aromatic carbocycles. The largest absolute Gasteiger partial charge is 0.356 e. The van der Waals surface area contributed by atoms with E-state index in [0.717, 1.165) is 37.0 Å². The highest BCUT2D eigenvalue weighted by Gasteiger charge is 2.16. The van der Waals surface area contributed by atoms with Crippen LogP contribution in [-0.4, -0.2) is 51.1 Å². The summed E-state index contributed by atoms with van der Waals surface area (Å²) in [6, 6.07) is 4.97. The SMILES string of the molecule is CN=C(NCCc1ccc(F)cc1C)NCC1CCN(C)CC1.I. The summed E-state index contributed by atoms with van der Waals surface area (Å²) in [4.78, 5) is 6.66. The molecule has 0 radical (unpaired) electrons. The number of nitrogens with zero attached hydrogens (tertiary/aromatic N) is 2. The van der Waals surface area contributed by atoms with Crippen molar-refractivity contribution in [2.45, 2.75) is 26.2 Å². The standard InChI is InChI=1S/C18H29FN4.HI/c1-14-12-17(19)5-4-16(14)6-9-21-18(20-2)22-13-15-7-10-23(3)11-8-15;/h4-5,12,15H,6-11,13H2,1-3H3,(H2,20,21,22);1H. The van der Waals surface area contributed by atoms with Gasteiger partial charge in [0.25, 0.3) is 0 Å². The summed E-state index contributed by atoms with van der Waals surface area (Å²) < 4.78 is 13.1. The molecule has 1 fully saturated rings. The van der Waals surface area contributed by atoms with E-state index in [-0.39, 0.29) is 29.8 Å². The van der Waals surface area contributed by atoms with Gasteiger partial charge in [-0.3, -0.25) is 4.99 Å². The lowest BCUT2D eigenvalue weighted by atomic mass is 9.97. The number of nitrogens with one attached hydrogen (secondary N) is 2. The summed E-state index contributed by atoms with van der Waals surface area (Å²) in [6.07, 6.45) is 3.35. The third-order valence-corrected chi connectivity index (χ3v) is 4.61. The Labute approximate surface area is 162 Å². The predicted molar refractivity (Wildman–Crippen MR) is 110 cm³/mol. The zero-order valence-electron chi connectivity index (χ0n) is 14.9. The average Bonchev–Trinajstić information content (AvgIpc) is 2.54. The maximum Gasteiger partial charge on any atom is 0.190 e. The zero-order valence-corrected chi connectivity index (χ0v) is 17.3. The number of hydrogen-bond donors (Lipinski definition) is 2. The second-order valence-corrected chi connectivity index (χ2v) is 6.45. The topological polar surface area (TPSA) is 39.7 Å². The van der Waals surface area contributed by atoms with Crippen LogP contribution in [0.4, 0.5) is 4.39 Å². The fourth-order valence-electron chi connectivity index (χ4n) is 2.98. The van der Waals surface area contributed by atoms with Crippen molar-refractivity contribution >= 4 is 29.9 Å². The molecule has 1 saturated heterocycles. The molecule has 0 saturated carbocycles. The molecule has 4 nitrogen and oxygen atoms in total. The quantitative estimate of drug-likeness (QED) is 0.414. The number of hydrogen-bond acceptors (Lipinski definition) is 2. The molecule has 0 unspecified atom stereocenters. The number of aryl methyl sites for hydroxylation is 1. The molecule has 1 heterocycles. The summed E-state index contributed by atoms with van der Waals surface area (Å²) in [6.45, 7) is 6.08. The molecule has 2 rings (SSSR count). The van der Waals surface area contributed by atoms with Crippen molar-refractivity contribution in [1.29, 1.82) is 0 Å². The summed E-state index contributed by atoms with van der Waals surface area (Å²) in [5.41, 5.74) is 2.17. The van der Waals surface area contributed by atoms with Gasteiger partial charge in [-0.2, -0.15) is 0 Å². The van der Waals surface area contributed by atoms with Crippen molar-refractivity contribution < 1.29 is 4.39 Å². The fourth-order valence-corrected chi connectivity index (χ4v) is 2.98. The van der Waals surface area contributed by atoms with E-state index < -0.39 is 0 Å². The summed E-state index contributed by atoms with van der Waals surface area (Å²) in [7, 11) is 3.98. The Bertz CT molecular complexity index is 528. The van der Waals surface area contributed by atoms with Gasteiger partial charge >= 0.3 is 0 Å². The number of guanidine groups is 1. The Morgan fingerprint density at radius 1 is 1.29 bits per heavy atom. The number of aliphatic imine (C=N–C) groups is 1. The van der Waals surface area contributed by atoms with Gasteiger partial charge in [-0.25, -0.2) is 4.39 Å². The van der Waals surface area contributed by atoms with Crippen molar-refractivity contribution in [3.63, 3.8) is 0 Å². The van der Waals surface area contributed by atoms with Gasteiger partial charge in [0.1, 0.15) is 5.82 Å². The van der Waals surface area contributed by atoms with Crippen LogP contribution in [0, 0.1) is 18.7 Å². The summed E-state index contributed by atoms with van der Waals surface area (Å²) in [5.74, 6) is 1.41. The number of piperidine rings is 1. The minimum atomic E-state index is -0.171. The van der Waals surface area contributed by atoms with Crippen LogP contribution in [0.5, 0.6) is 0 Å². The molecule has 24 heavy (non-hydrogen) atoms. The molecule has 2 N–H and O–H groups in total. The van der Waals surface area contributed by atoms with Gasteiger partial charge in [0.05, 0.1) is 0 Å². The van der Waals surface area contributed by atoms with Crippen LogP contribution in [0.1, 0.15) is 24.0 Å². The maximum atomic E-state index is 13.1. The second kappa shape index (κ2) is 10.9. The van der Waals surface area contributed by atoms with E-state index in [1.165, 1.54) is 37.6 Å². The zero-order chi connectivity index (χ0) is 16.7. The first-order chi connectivity index (χ1) is 11.1. The summed E-state index contributed by atoms with van der Waals surface area (Å²) in [5, 5.41) is 6.77. The Morgan fingerprint density at radius 2 is 2.00 bits per heavy atom. The van der Waals surface area contributed by atoms with Gasteiger partial charge in [-0.15, -0.1) is 24.0 Å². The fraction of sp³-hybridized carbons (Fsp3) is 0.611. The van der Waals surface area contributed by atoms with Gasteiger partial charge in [-0.05, 0) is 75.5 Å². The van der Waals surface area contributed by atoms with Gasteiger partial charge in [0.15, 0.2) is 5.96 Å². The highest BCUT2D eigenvalue weighted by Crippen LogP contribution is 2.14. The Hall–Kier alpha value is -0.890. The lowest BCUT2D eigenvalue weighted by Crippen LogP contribution is -2.42. The molecular weight excluding hydrogens is 418 g/mol. The van der Waals surface area contributed by atoms with Crippen molar-refractivity contribution in [3.8, 4) is 0 Å². The molecule has 6 heteroatoms. The maximum absolute atomic E-state index is 13.1. The van der Waals surface area contributed by atoms with Crippen LogP contribution in [0.15, 0.2) is 23.2 Å². The van der Waals surface area contributed by atoms with Gasteiger partial charge in [-0.1, -0.05) is 6.07 Å². The molecule has 0 amide bonds. The molecule has 136 valence electrons. The first-order valence-corrected chi connectivity index (χ1v) is 8.46. The number of likely N-dealkylation sites (tertiary alicyclic amines) is 1. The van der Waals surface area contributed by atoms with E-state index in [1.54, 1.807) is 13.1 Å². The molecule has 0 aliphatic carbocycles. The van der Waals surface area contributed by atoms with Gasteiger partial charge < -0.3 is 15.5 Å². The molecule has 0 atom stereocenters. The van der Waals surface area contributed by atoms with Crippen LogP contribution in [0.2, 0.25) is 0 Å². The summed E-state index contributed by atoms with van der Waals surface area (Å²) >= 11 is 0. The van der Waals surface area contributed by atoms with E-state index in [1.807, 2.05) is 13.0 Å². The normalized spacial score (nSPS) is 16.6. The molecule has 0 bridgehead atoms. The molecule has 1 aliphatic heterocycles. The van der Waals surface area contributed by atoms with E-state index in [9.17, 15) is 4.39 Å². The van der Waals surface area contributed by atoms with Crippen molar-refractivity contribution in [2.24, 2.45) is 10.9 Å². The van der Waals surface area contributed by atoms with Crippen molar-refractivity contribution in [2.75, 3.05) is 40.3 Å². The smallest absolute Gasteiger partial charge is 0.190 e. The van der Waals surface area contributed by atoms with E-state index in [0.29, 0.717) is 0 Å². The number of rotatable bonds is 5. The minimum Gasteiger partial charge on any atom is -0.356 e. The van der Waals surface area contributed by atoms with Crippen LogP contribution >= 0.6 is 24.0 Å². The lowest BCUT2D eigenvalue weighted by molar-refractivity contribution is 0.220. The third-order valence-electron chi connectivity index (χ3n) is 4.61. The van der Waals surface area contributed by atoms with Crippen LogP contribution in [0.25, 0.3) is 0 Å². The average molecular weight is 448 g/mol. The predicted octanol–water partition coefficient (Wildman–Crippen LogP) is 2.80. The second-order valence-electron chi connectivity index (χ2n) is 6.45. The highest BCUT2D eigenvalue weighted by molar-refractivity contribution is 14.0. The number of halogens is 2. The third kappa shape index (κ3) is 6.93. The monoisotopic (exact) mass is 448 g/mol. The van der Waals surface area contributed by atoms with Gasteiger partial charge in [0.2, 0.25) is 0 Å². The Morgan fingerprint density at radius 3 is 2.62 bits per heavy atom. The lowest BCUT2D eigenvalue weighted by Gasteiger charge is -2.29. The molecular formula is C18H30FIN4. The van der Waals surface area contributed by atoms with Crippen LogP contribution < -0.4 is 10.6 Å². The minimum absolute atomic E-state index is 0. The Balaban J connectivity index is 0.00000288. The van der Waals surface area contributed by atoms with Crippen LogP contribution in [-0.2, 0) is 6.42 Å². The molecule has 1 aromatic rings. The van der Waals surface area contributed by atoms with Crippen molar-refractivity contribution in [1.82, 2.24) is 15.5 Å². The highest BCUT2D eigenvalue weighted by atomic mass is 127. The van der Waals surface area contributed by atoms with Gasteiger partial charge in [0, 0.05) is 20.1 Å². The molecule has 0 spiro atoms. The van der Waals surface area contributed by atoms with E-state index >= 15 is 0 Å². The van der Waals surface area contributed by atoms with Crippen molar-refractivity contribution in [3.05, 3.63) is 35.1 Å². The Kier molecular flexibility index (Phi) is 9.58. The first-order valence-electron chi connectivity index (χ1n) is 8.46. The number of benzene rings is 1. The van der Waals surface area contributed by atoms with E-state index in [2.05, 4.69) is 27.6 Å². The molecule has 0 aromatic heterocycles.